The lowest BCUT2D eigenvalue weighted by molar-refractivity contribution is 0.0820. The van der Waals surface area contributed by atoms with E-state index in [4.69, 9.17) is 0 Å². The topological polar surface area (TPSA) is 36.4 Å². The maximum absolute atomic E-state index is 9.72. The zero-order chi connectivity index (χ0) is 14.7. The van der Waals surface area contributed by atoms with Gasteiger partial charge in [0.15, 0.2) is 0 Å². The van der Waals surface area contributed by atoms with Crippen LogP contribution in [-0.4, -0.2) is 33.7 Å². The standard InChI is InChI=1S/C18H24N2O/c1-14(21)12-16-6-4-5-11-20(16)13-15-9-10-19-18-8-3-2-7-17(15)18/h2-3,7-10,14,16,21H,4-6,11-13H2,1H3. The van der Waals surface area contributed by atoms with E-state index in [0.717, 1.165) is 25.0 Å². The normalized spacial score (nSPS) is 21.5. The molecule has 2 heterocycles. The molecule has 2 aromatic rings. The highest BCUT2D eigenvalue weighted by Gasteiger charge is 2.24. The largest absolute Gasteiger partial charge is 0.393 e. The smallest absolute Gasteiger partial charge is 0.0705 e. The number of hydrogen-bond acceptors (Lipinski definition) is 3. The lowest BCUT2D eigenvalue weighted by atomic mass is 9.96. The highest BCUT2D eigenvalue weighted by Crippen LogP contribution is 2.25. The Balaban J connectivity index is 1.82. The van der Waals surface area contributed by atoms with Gasteiger partial charge in [-0.25, -0.2) is 0 Å². The van der Waals surface area contributed by atoms with E-state index in [0.29, 0.717) is 6.04 Å². The van der Waals surface area contributed by atoms with E-state index in [1.54, 1.807) is 0 Å². The average Bonchev–Trinajstić information content (AvgIpc) is 2.49. The molecule has 1 aliphatic rings. The fraction of sp³-hybridized carbons (Fsp3) is 0.500. The summed E-state index contributed by atoms with van der Waals surface area (Å²) in [5.74, 6) is 0. The molecule has 0 saturated carbocycles. The van der Waals surface area contributed by atoms with Gasteiger partial charge in [0.2, 0.25) is 0 Å². The van der Waals surface area contributed by atoms with Crippen LogP contribution in [0.3, 0.4) is 0 Å². The van der Waals surface area contributed by atoms with Crippen molar-refractivity contribution in [2.75, 3.05) is 6.54 Å². The molecule has 1 saturated heterocycles. The van der Waals surface area contributed by atoms with Crippen molar-refractivity contribution in [1.82, 2.24) is 9.88 Å². The van der Waals surface area contributed by atoms with Crippen molar-refractivity contribution < 1.29 is 5.11 Å². The van der Waals surface area contributed by atoms with Crippen LogP contribution in [0.4, 0.5) is 0 Å². The van der Waals surface area contributed by atoms with E-state index in [9.17, 15) is 5.11 Å². The Bertz CT molecular complexity index is 591. The van der Waals surface area contributed by atoms with Crippen molar-refractivity contribution >= 4 is 10.9 Å². The molecular weight excluding hydrogens is 260 g/mol. The van der Waals surface area contributed by atoms with Crippen LogP contribution >= 0.6 is 0 Å². The quantitative estimate of drug-likeness (QED) is 0.935. The molecule has 1 aromatic heterocycles. The van der Waals surface area contributed by atoms with Gasteiger partial charge in [0, 0.05) is 24.2 Å². The third-order valence-electron chi connectivity index (χ3n) is 4.48. The third kappa shape index (κ3) is 3.42. The number of aliphatic hydroxyl groups excluding tert-OH is 1. The molecule has 0 bridgehead atoms. The van der Waals surface area contributed by atoms with E-state index in [1.165, 1.54) is 30.2 Å². The summed E-state index contributed by atoms with van der Waals surface area (Å²) >= 11 is 0. The Morgan fingerprint density at radius 3 is 3.00 bits per heavy atom. The molecule has 1 aromatic carbocycles. The first kappa shape index (κ1) is 14.5. The first-order chi connectivity index (χ1) is 10.2. The van der Waals surface area contributed by atoms with Crippen LogP contribution in [0.5, 0.6) is 0 Å². The second-order valence-electron chi connectivity index (χ2n) is 6.19. The van der Waals surface area contributed by atoms with Crippen LogP contribution in [0.2, 0.25) is 0 Å². The Hall–Kier alpha value is -1.45. The predicted molar refractivity (Wildman–Crippen MR) is 86.1 cm³/mol. The summed E-state index contributed by atoms with van der Waals surface area (Å²) in [5, 5.41) is 11.0. The van der Waals surface area contributed by atoms with E-state index < -0.39 is 0 Å². The number of rotatable bonds is 4. The molecular formula is C18H24N2O. The van der Waals surface area contributed by atoms with Crippen LogP contribution in [-0.2, 0) is 6.54 Å². The Morgan fingerprint density at radius 1 is 1.29 bits per heavy atom. The summed E-state index contributed by atoms with van der Waals surface area (Å²) in [6, 6.07) is 11.0. The van der Waals surface area contributed by atoms with Crippen LogP contribution in [0.15, 0.2) is 36.5 Å². The van der Waals surface area contributed by atoms with Gasteiger partial charge in [0.05, 0.1) is 11.6 Å². The number of para-hydroxylation sites is 1. The van der Waals surface area contributed by atoms with Gasteiger partial charge in [0.1, 0.15) is 0 Å². The minimum Gasteiger partial charge on any atom is -0.393 e. The lowest BCUT2D eigenvalue weighted by Gasteiger charge is -2.36. The predicted octanol–water partition coefficient (Wildman–Crippen LogP) is 3.36. The van der Waals surface area contributed by atoms with Gasteiger partial charge in [-0.15, -0.1) is 0 Å². The van der Waals surface area contributed by atoms with Gasteiger partial charge in [-0.1, -0.05) is 24.6 Å². The van der Waals surface area contributed by atoms with E-state index in [-0.39, 0.29) is 6.10 Å². The van der Waals surface area contributed by atoms with Crippen molar-refractivity contribution in [2.45, 2.75) is 51.3 Å². The second-order valence-corrected chi connectivity index (χ2v) is 6.19. The third-order valence-corrected chi connectivity index (χ3v) is 4.48. The number of aliphatic hydroxyl groups is 1. The number of aromatic nitrogens is 1. The zero-order valence-corrected chi connectivity index (χ0v) is 12.7. The lowest BCUT2D eigenvalue weighted by Crippen LogP contribution is -2.40. The van der Waals surface area contributed by atoms with Gasteiger partial charge in [-0.2, -0.15) is 0 Å². The van der Waals surface area contributed by atoms with E-state index in [1.807, 2.05) is 19.2 Å². The molecule has 3 heteroatoms. The summed E-state index contributed by atoms with van der Waals surface area (Å²) in [7, 11) is 0. The monoisotopic (exact) mass is 284 g/mol. The van der Waals surface area contributed by atoms with Gasteiger partial charge in [-0.3, -0.25) is 9.88 Å². The molecule has 0 amide bonds. The van der Waals surface area contributed by atoms with Crippen LogP contribution < -0.4 is 0 Å². The highest BCUT2D eigenvalue weighted by atomic mass is 16.3. The molecule has 0 radical (unpaired) electrons. The number of nitrogens with zero attached hydrogens (tertiary/aromatic N) is 2. The summed E-state index contributed by atoms with van der Waals surface area (Å²) in [6.45, 7) is 3.99. The molecule has 0 aliphatic carbocycles. The highest BCUT2D eigenvalue weighted by molar-refractivity contribution is 5.81. The number of fused-ring (bicyclic) bond motifs is 1. The van der Waals surface area contributed by atoms with Gasteiger partial charge >= 0.3 is 0 Å². The summed E-state index contributed by atoms with van der Waals surface area (Å²) in [4.78, 5) is 6.98. The van der Waals surface area contributed by atoms with E-state index >= 15 is 0 Å². The first-order valence-electron chi connectivity index (χ1n) is 7.99. The molecule has 1 aliphatic heterocycles. The fourth-order valence-electron chi connectivity index (χ4n) is 3.44. The Labute approximate surface area is 126 Å². The molecule has 2 atom stereocenters. The zero-order valence-electron chi connectivity index (χ0n) is 12.7. The molecule has 0 spiro atoms. The molecule has 112 valence electrons. The minimum absolute atomic E-state index is 0.218. The van der Waals surface area contributed by atoms with E-state index in [2.05, 4.69) is 34.1 Å². The van der Waals surface area contributed by atoms with Crippen molar-refractivity contribution in [3.8, 4) is 0 Å². The first-order valence-corrected chi connectivity index (χ1v) is 7.99. The maximum atomic E-state index is 9.72. The van der Waals surface area contributed by atoms with Crippen molar-refractivity contribution in [1.29, 1.82) is 0 Å². The summed E-state index contributed by atoms with van der Waals surface area (Å²) in [6.07, 6.45) is 6.32. The van der Waals surface area contributed by atoms with Crippen LogP contribution in [0.1, 0.15) is 38.2 Å². The van der Waals surface area contributed by atoms with Gasteiger partial charge in [-0.05, 0) is 50.4 Å². The molecule has 3 nitrogen and oxygen atoms in total. The van der Waals surface area contributed by atoms with Crippen LogP contribution in [0, 0.1) is 0 Å². The molecule has 1 N–H and O–H groups in total. The van der Waals surface area contributed by atoms with Gasteiger partial charge < -0.3 is 5.11 Å². The number of hydrogen-bond donors (Lipinski definition) is 1. The minimum atomic E-state index is -0.218. The average molecular weight is 284 g/mol. The molecule has 1 fully saturated rings. The van der Waals surface area contributed by atoms with Crippen molar-refractivity contribution in [3.05, 3.63) is 42.1 Å². The maximum Gasteiger partial charge on any atom is 0.0705 e. The summed E-state index contributed by atoms with van der Waals surface area (Å²) < 4.78 is 0. The SMILES string of the molecule is CC(O)CC1CCCCN1Cc1ccnc2ccccc12. The van der Waals surface area contributed by atoms with Crippen molar-refractivity contribution in [2.24, 2.45) is 0 Å². The number of pyridine rings is 1. The number of piperidine rings is 1. The Morgan fingerprint density at radius 2 is 2.14 bits per heavy atom. The van der Waals surface area contributed by atoms with Gasteiger partial charge in [0.25, 0.3) is 0 Å². The molecule has 21 heavy (non-hydrogen) atoms. The number of benzene rings is 1. The molecule has 3 rings (SSSR count). The van der Waals surface area contributed by atoms with Crippen molar-refractivity contribution in [3.63, 3.8) is 0 Å². The Kier molecular flexibility index (Phi) is 4.51. The summed E-state index contributed by atoms with van der Waals surface area (Å²) in [5.41, 5.74) is 2.41. The van der Waals surface area contributed by atoms with Crippen LogP contribution in [0.25, 0.3) is 10.9 Å². The number of likely N-dealkylation sites (tertiary alicyclic amines) is 1. The molecule has 2 unspecified atom stereocenters. The second kappa shape index (κ2) is 6.54. The fourth-order valence-corrected chi connectivity index (χ4v) is 3.44.